The summed E-state index contributed by atoms with van der Waals surface area (Å²) in [5.41, 5.74) is 9.55. The van der Waals surface area contributed by atoms with Crippen molar-refractivity contribution in [3.05, 3.63) is 71.1 Å². The lowest BCUT2D eigenvalue weighted by Crippen LogP contribution is -2.42. The van der Waals surface area contributed by atoms with Crippen LogP contribution < -0.4 is 11.1 Å². The van der Waals surface area contributed by atoms with E-state index in [1.807, 2.05) is 60.8 Å². The monoisotopic (exact) mass is 452 g/mol. The molecule has 4 rings (SSSR count). The molecule has 0 unspecified atom stereocenters. The molecule has 1 aromatic heterocycles. The number of nitrogens with one attached hydrogen (secondary N) is 1. The SMILES string of the molecule is CN(C)[C@H]1C[C@H](O)N(Cc2ccc(C(=O)Nc3cc(-c4cccs4)ccc3N)cc2)[C@H]1O. The molecule has 3 atom stereocenters. The Labute approximate surface area is 191 Å². The van der Waals surface area contributed by atoms with E-state index in [-0.39, 0.29) is 11.9 Å². The fourth-order valence-corrected chi connectivity index (χ4v) is 4.70. The Hall–Kier alpha value is -2.75. The van der Waals surface area contributed by atoms with Gasteiger partial charge < -0.3 is 26.2 Å². The highest BCUT2D eigenvalue weighted by molar-refractivity contribution is 7.13. The topological polar surface area (TPSA) is 102 Å². The van der Waals surface area contributed by atoms with Crippen molar-refractivity contribution < 1.29 is 15.0 Å². The average Bonchev–Trinajstić information content (AvgIpc) is 3.40. The van der Waals surface area contributed by atoms with Crippen LogP contribution in [0.3, 0.4) is 0 Å². The molecule has 2 aromatic carbocycles. The molecule has 168 valence electrons. The summed E-state index contributed by atoms with van der Waals surface area (Å²) < 4.78 is 0. The van der Waals surface area contributed by atoms with E-state index in [2.05, 4.69) is 5.32 Å². The first-order valence-electron chi connectivity index (χ1n) is 10.5. The van der Waals surface area contributed by atoms with Gasteiger partial charge in [0.05, 0.1) is 17.4 Å². The van der Waals surface area contributed by atoms with Crippen LogP contribution in [0.25, 0.3) is 10.4 Å². The van der Waals surface area contributed by atoms with Gasteiger partial charge in [-0.25, -0.2) is 4.90 Å². The van der Waals surface area contributed by atoms with Crippen LogP contribution in [0.2, 0.25) is 0 Å². The molecule has 5 N–H and O–H groups in total. The molecule has 1 aliphatic rings. The maximum atomic E-state index is 12.8. The van der Waals surface area contributed by atoms with Gasteiger partial charge in [-0.2, -0.15) is 0 Å². The van der Waals surface area contributed by atoms with Crippen molar-refractivity contribution in [2.45, 2.75) is 31.5 Å². The predicted octanol–water partition coefficient (Wildman–Crippen LogP) is 3.02. The summed E-state index contributed by atoms with van der Waals surface area (Å²) in [6.07, 6.45) is -0.971. The standard InChI is InChI=1S/C24H28N4O3S/c1-27(2)20-13-22(29)28(24(20)31)14-15-5-7-16(8-6-15)23(30)26-19-12-17(9-10-18(19)25)21-4-3-11-32-21/h3-12,20,22,24,29,31H,13-14,25H2,1-2H3,(H,26,30)/t20-,22-,24-/m0/s1. The highest BCUT2D eigenvalue weighted by atomic mass is 32.1. The first-order chi connectivity index (χ1) is 15.3. The molecule has 1 aliphatic heterocycles. The number of nitrogen functional groups attached to an aromatic ring is 1. The van der Waals surface area contributed by atoms with Crippen molar-refractivity contribution in [2.24, 2.45) is 0 Å². The fourth-order valence-electron chi connectivity index (χ4n) is 3.97. The quantitative estimate of drug-likeness (QED) is 0.429. The number of likely N-dealkylation sites (N-methyl/N-ethyl adjacent to an activating group) is 1. The van der Waals surface area contributed by atoms with E-state index in [0.717, 1.165) is 16.0 Å². The third-order valence-corrected chi connectivity index (χ3v) is 6.79. The zero-order valence-electron chi connectivity index (χ0n) is 18.1. The largest absolute Gasteiger partial charge is 0.397 e. The smallest absolute Gasteiger partial charge is 0.255 e. The number of hydrogen-bond acceptors (Lipinski definition) is 7. The Balaban J connectivity index is 1.43. The lowest BCUT2D eigenvalue weighted by Gasteiger charge is -2.27. The van der Waals surface area contributed by atoms with Crippen LogP contribution in [0.4, 0.5) is 11.4 Å². The number of nitrogens with two attached hydrogens (primary N) is 1. The number of anilines is 2. The third kappa shape index (κ3) is 4.69. The van der Waals surface area contributed by atoms with Gasteiger partial charge in [0.1, 0.15) is 12.5 Å². The predicted molar refractivity (Wildman–Crippen MR) is 128 cm³/mol. The number of amides is 1. The van der Waals surface area contributed by atoms with Gasteiger partial charge in [0.2, 0.25) is 0 Å². The molecule has 8 heteroatoms. The van der Waals surface area contributed by atoms with Gasteiger partial charge in [-0.1, -0.05) is 24.3 Å². The number of benzene rings is 2. The number of thiophene rings is 1. The highest BCUT2D eigenvalue weighted by Gasteiger charge is 2.40. The highest BCUT2D eigenvalue weighted by Crippen LogP contribution is 2.30. The van der Waals surface area contributed by atoms with E-state index >= 15 is 0 Å². The minimum atomic E-state index is -0.749. The van der Waals surface area contributed by atoms with Gasteiger partial charge in [-0.3, -0.25) is 4.79 Å². The van der Waals surface area contributed by atoms with Gasteiger partial charge in [-0.05, 0) is 60.9 Å². The van der Waals surface area contributed by atoms with Gasteiger partial charge >= 0.3 is 0 Å². The van der Waals surface area contributed by atoms with Crippen molar-refractivity contribution in [1.82, 2.24) is 9.80 Å². The minimum absolute atomic E-state index is 0.120. The van der Waals surface area contributed by atoms with E-state index in [9.17, 15) is 15.0 Å². The maximum absolute atomic E-state index is 12.8. The number of aliphatic hydroxyl groups is 2. The second-order valence-electron chi connectivity index (χ2n) is 8.26. The number of nitrogens with zero attached hydrogens (tertiary/aromatic N) is 2. The Morgan fingerprint density at radius 1 is 1.19 bits per heavy atom. The summed E-state index contributed by atoms with van der Waals surface area (Å²) in [5, 5.41) is 25.8. The second kappa shape index (κ2) is 9.40. The van der Waals surface area contributed by atoms with E-state index in [1.54, 1.807) is 34.4 Å². The molecular formula is C24H28N4O3S. The fraction of sp³-hybridized carbons (Fsp3) is 0.292. The van der Waals surface area contributed by atoms with Crippen molar-refractivity contribution in [3.8, 4) is 10.4 Å². The molecule has 0 saturated carbocycles. The second-order valence-corrected chi connectivity index (χ2v) is 9.21. The number of likely N-dealkylation sites (tertiary alicyclic amines) is 1. The van der Waals surface area contributed by atoms with E-state index in [1.165, 1.54) is 0 Å². The van der Waals surface area contributed by atoms with Crippen molar-refractivity contribution in [3.63, 3.8) is 0 Å². The summed E-state index contributed by atoms with van der Waals surface area (Å²) in [5.74, 6) is -0.250. The number of carbonyl (C=O) groups is 1. The third-order valence-electron chi connectivity index (χ3n) is 5.87. The molecule has 2 heterocycles. The van der Waals surface area contributed by atoms with Crippen LogP contribution in [0.15, 0.2) is 60.0 Å². The number of aliphatic hydroxyl groups excluding tert-OH is 2. The first kappa shape index (κ1) is 22.4. The summed E-state index contributed by atoms with van der Waals surface area (Å²) in [7, 11) is 3.78. The van der Waals surface area contributed by atoms with Gasteiger partial charge in [0.25, 0.3) is 5.91 Å². The minimum Gasteiger partial charge on any atom is -0.397 e. The van der Waals surface area contributed by atoms with Crippen molar-refractivity contribution in [1.29, 1.82) is 0 Å². The Bertz CT molecular complexity index is 1070. The molecule has 7 nitrogen and oxygen atoms in total. The van der Waals surface area contributed by atoms with Gasteiger partial charge in [-0.15, -0.1) is 11.3 Å². The van der Waals surface area contributed by atoms with E-state index in [0.29, 0.717) is 29.9 Å². The first-order valence-corrected chi connectivity index (χ1v) is 11.3. The molecule has 1 amide bonds. The van der Waals surface area contributed by atoms with Crippen LogP contribution >= 0.6 is 11.3 Å². The molecular weight excluding hydrogens is 424 g/mol. The summed E-state index contributed by atoms with van der Waals surface area (Å²) in [4.78, 5) is 17.5. The lowest BCUT2D eigenvalue weighted by molar-refractivity contribution is -0.0698. The molecule has 0 radical (unpaired) electrons. The number of hydrogen-bond donors (Lipinski definition) is 4. The van der Waals surface area contributed by atoms with E-state index in [4.69, 9.17) is 5.73 Å². The maximum Gasteiger partial charge on any atom is 0.255 e. The molecule has 1 fully saturated rings. The Morgan fingerprint density at radius 3 is 2.56 bits per heavy atom. The zero-order chi connectivity index (χ0) is 22.8. The summed E-state index contributed by atoms with van der Waals surface area (Å²) in [6.45, 7) is 0.393. The summed E-state index contributed by atoms with van der Waals surface area (Å²) in [6, 6.07) is 16.6. The molecule has 1 saturated heterocycles. The van der Waals surface area contributed by atoms with Crippen molar-refractivity contribution >= 4 is 28.6 Å². The van der Waals surface area contributed by atoms with Crippen LogP contribution in [0.5, 0.6) is 0 Å². The van der Waals surface area contributed by atoms with E-state index < -0.39 is 12.5 Å². The number of rotatable bonds is 6. The molecule has 32 heavy (non-hydrogen) atoms. The number of carbonyl (C=O) groups excluding carboxylic acids is 1. The van der Waals surface area contributed by atoms with Crippen molar-refractivity contribution in [2.75, 3.05) is 25.1 Å². The van der Waals surface area contributed by atoms with Crippen LogP contribution in [-0.4, -0.2) is 58.5 Å². The van der Waals surface area contributed by atoms with Crippen LogP contribution in [-0.2, 0) is 6.54 Å². The molecule has 0 spiro atoms. The molecule has 3 aromatic rings. The van der Waals surface area contributed by atoms with Gasteiger partial charge in [0.15, 0.2) is 0 Å². The lowest BCUT2D eigenvalue weighted by atomic mass is 10.1. The summed E-state index contributed by atoms with van der Waals surface area (Å²) >= 11 is 1.63. The average molecular weight is 453 g/mol. The molecule has 0 aliphatic carbocycles. The Morgan fingerprint density at radius 2 is 1.94 bits per heavy atom. The molecule has 0 bridgehead atoms. The van der Waals surface area contributed by atoms with Gasteiger partial charge in [0, 0.05) is 23.4 Å². The zero-order valence-corrected chi connectivity index (χ0v) is 18.9. The normalized spacial score (nSPS) is 21.2. The Kier molecular flexibility index (Phi) is 6.59. The van der Waals surface area contributed by atoms with Crippen LogP contribution in [0.1, 0.15) is 22.3 Å². The van der Waals surface area contributed by atoms with Crippen LogP contribution in [0, 0.1) is 0 Å².